The van der Waals surface area contributed by atoms with Crippen molar-refractivity contribution in [3.8, 4) is 0 Å². The van der Waals surface area contributed by atoms with Crippen molar-refractivity contribution in [2.24, 2.45) is 12.0 Å². The van der Waals surface area contributed by atoms with Gasteiger partial charge in [-0.2, -0.15) is 0 Å². The number of nitrogens with one attached hydrogen (secondary N) is 4. The first-order valence-corrected chi connectivity index (χ1v) is 18.9. The molecule has 0 bridgehead atoms. The van der Waals surface area contributed by atoms with Gasteiger partial charge in [-0.1, -0.05) is 89.2 Å². The third-order valence-corrected chi connectivity index (χ3v) is 4.96. The molecule has 0 aromatic carbocycles. The molecule has 0 radical (unpaired) electrons. The van der Waals surface area contributed by atoms with Gasteiger partial charge in [-0.3, -0.25) is 4.79 Å². The van der Waals surface area contributed by atoms with E-state index in [9.17, 15) is 4.79 Å². The molecule has 6 aromatic rings. The monoisotopic (exact) mass is 761 g/mol. The summed E-state index contributed by atoms with van der Waals surface area (Å²) >= 11 is 0. The minimum Gasteiger partial charge on any atom is -0.351 e. The highest BCUT2D eigenvalue weighted by Gasteiger charge is 2.22. The lowest BCUT2D eigenvalue weighted by Crippen LogP contribution is -2.42. The molecule has 0 saturated heterocycles. The molecule has 2 aliphatic heterocycles. The Morgan fingerprint density at radius 1 is 0.655 bits per heavy atom. The van der Waals surface area contributed by atoms with E-state index in [0.717, 1.165) is 12.2 Å². The number of hydrogen-bond donors (Lipinski definition) is 4. The van der Waals surface area contributed by atoms with Gasteiger partial charge in [-0.15, -0.1) is 0 Å². The van der Waals surface area contributed by atoms with Crippen LogP contribution in [0.5, 0.6) is 0 Å². The van der Waals surface area contributed by atoms with E-state index in [4.69, 9.17) is 0 Å². The van der Waals surface area contributed by atoms with E-state index >= 15 is 0 Å². The van der Waals surface area contributed by atoms with Crippen molar-refractivity contribution < 1.29 is 4.79 Å². The van der Waals surface area contributed by atoms with Crippen LogP contribution in [0.3, 0.4) is 0 Å². The molecule has 0 saturated carbocycles. The number of aromatic nitrogens is 11. The van der Waals surface area contributed by atoms with Crippen LogP contribution in [0, 0.1) is 0 Å². The third kappa shape index (κ3) is 31.2. The van der Waals surface area contributed by atoms with E-state index in [1.807, 2.05) is 120 Å². The van der Waals surface area contributed by atoms with Gasteiger partial charge in [-0.25, -0.2) is 44.9 Å². The number of aliphatic imine (C=N–C) groups is 1. The van der Waals surface area contributed by atoms with Crippen molar-refractivity contribution in [1.82, 2.24) is 59.7 Å². The lowest BCUT2D eigenvalue weighted by Gasteiger charge is -2.20. The molecular formula is C40H68N14O. The molecule has 1 atom stereocenters. The summed E-state index contributed by atoms with van der Waals surface area (Å²) in [4.78, 5) is 50.8. The van der Waals surface area contributed by atoms with Gasteiger partial charge < -0.3 is 25.2 Å². The number of aromatic amines is 2. The maximum absolute atomic E-state index is 11.1. The number of H-pyrrole nitrogens is 2. The average Bonchev–Trinajstić information content (AvgIpc) is 4.15. The Morgan fingerprint density at radius 2 is 1.24 bits per heavy atom. The molecule has 2 aliphatic rings. The number of pyridine rings is 1. The molecule has 55 heavy (non-hydrogen) atoms. The molecule has 1 unspecified atom stereocenters. The zero-order valence-corrected chi connectivity index (χ0v) is 35.6. The van der Waals surface area contributed by atoms with Gasteiger partial charge in [0.1, 0.15) is 18.3 Å². The van der Waals surface area contributed by atoms with Crippen molar-refractivity contribution >= 4 is 23.8 Å². The zero-order valence-electron chi connectivity index (χ0n) is 35.6. The second-order valence-electron chi connectivity index (χ2n) is 8.26. The van der Waals surface area contributed by atoms with Gasteiger partial charge in [0.25, 0.3) is 5.91 Å². The van der Waals surface area contributed by atoms with Gasteiger partial charge in [0.05, 0.1) is 25.1 Å². The first-order valence-electron chi connectivity index (χ1n) is 18.9. The van der Waals surface area contributed by atoms with E-state index < -0.39 is 0 Å². The Balaban J connectivity index is -0.000000273. The normalized spacial score (nSPS) is 10.7. The van der Waals surface area contributed by atoms with E-state index in [1.54, 1.807) is 74.4 Å². The summed E-state index contributed by atoms with van der Waals surface area (Å²) in [5.74, 6) is 1.41. The summed E-state index contributed by atoms with van der Waals surface area (Å²) in [7, 11) is 1.94. The maximum atomic E-state index is 11.1. The molecule has 0 aliphatic carbocycles. The van der Waals surface area contributed by atoms with E-state index in [0.29, 0.717) is 11.5 Å². The Morgan fingerprint density at radius 3 is 1.60 bits per heavy atom. The Hall–Kier alpha value is -6.12. The molecule has 0 fully saturated rings. The summed E-state index contributed by atoms with van der Waals surface area (Å²) in [5, 5.41) is 5.70. The second-order valence-corrected chi connectivity index (χ2v) is 8.26. The smallest absolute Gasteiger partial charge is 0.273 e. The first kappa shape index (κ1) is 55.6. The minimum absolute atomic E-state index is 0.0432. The molecule has 15 heteroatoms. The summed E-state index contributed by atoms with van der Waals surface area (Å²) in [6.45, 7) is 25.9. The highest BCUT2D eigenvalue weighted by molar-refractivity contribution is 5.98. The van der Waals surface area contributed by atoms with Crippen molar-refractivity contribution in [3.63, 3.8) is 0 Å². The molecule has 0 spiro atoms. The van der Waals surface area contributed by atoms with Crippen LogP contribution in [0.1, 0.15) is 106 Å². The number of hydrogen-bond acceptors (Lipinski definition) is 11. The fraction of sp³-hybridized carbons (Fsp3) is 0.400. The molecule has 6 aromatic heterocycles. The van der Waals surface area contributed by atoms with Crippen molar-refractivity contribution in [2.75, 3.05) is 5.32 Å². The van der Waals surface area contributed by atoms with Crippen molar-refractivity contribution in [2.45, 2.75) is 103 Å². The predicted octanol–water partition coefficient (Wildman–Crippen LogP) is 9.19. The van der Waals surface area contributed by atoms with Crippen LogP contribution in [0.2, 0.25) is 0 Å². The van der Waals surface area contributed by atoms with E-state index in [-0.39, 0.29) is 12.1 Å². The number of aryl methyl sites for hydroxylation is 1. The number of anilines is 1. The number of fused-ring (bicyclic) bond motifs is 2. The largest absolute Gasteiger partial charge is 0.351 e. The average molecular weight is 761 g/mol. The first-order chi connectivity index (χ1) is 27.1. The number of carbonyl (C=O) groups excluding carboxylic acids is 1. The quantitative estimate of drug-likeness (QED) is 0.116. The summed E-state index contributed by atoms with van der Waals surface area (Å²) < 4.78 is 1.89. The molecule has 15 nitrogen and oxygen atoms in total. The van der Waals surface area contributed by atoms with Crippen LogP contribution in [0.4, 0.5) is 11.6 Å². The lowest BCUT2D eigenvalue weighted by molar-refractivity contribution is 0.0934. The van der Waals surface area contributed by atoms with Gasteiger partial charge in [-0.05, 0) is 25.1 Å². The predicted molar refractivity (Wildman–Crippen MR) is 229 cm³/mol. The summed E-state index contributed by atoms with van der Waals surface area (Å²) in [6, 6.07) is 7.54. The number of imidazole rings is 3. The van der Waals surface area contributed by atoms with Gasteiger partial charge in [0, 0.05) is 81.0 Å². The highest BCUT2D eigenvalue weighted by Crippen LogP contribution is 2.18. The highest BCUT2D eigenvalue weighted by atomic mass is 16.2. The Bertz CT molecular complexity index is 1440. The van der Waals surface area contributed by atoms with Crippen LogP contribution < -0.4 is 10.6 Å². The van der Waals surface area contributed by atoms with Crippen LogP contribution in [-0.2, 0) is 13.5 Å². The number of rotatable bonds is 0. The van der Waals surface area contributed by atoms with Crippen LogP contribution in [-0.4, -0.2) is 72.7 Å². The Kier molecular flexibility index (Phi) is 46.4. The molecule has 304 valence electrons. The molecule has 4 N–H and O–H groups in total. The zero-order chi connectivity index (χ0) is 42.4. The van der Waals surface area contributed by atoms with Gasteiger partial charge in [0.15, 0.2) is 11.6 Å². The fourth-order valence-electron chi connectivity index (χ4n) is 3.07. The summed E-state index contributed by atoms with van der Waals surface area (Å²) in [6.07, 6.45) is 26.3. The molecular weight excluding hydrogens is 693 g/mol. The molecule has 8 heterocycles. The van der Waals surface area contributed by atoms with Crippen molar-refractivity contribution in [3.05, 3.63) is 123 Å². The van der Waals surface area contributed by atoms with Gasteiger partial charge in [0.2, 0.25) is 0 Å². The number of amides is 1. The maximum Gasteiger partial charge on any atom is 0.273 e. The van der Waals surface area contributed by atoms with Gasteiger partial charge >= 0.3 is 0 Å². The fourth-order valence-corrected chi connectivity index (χ4v) is 3.07. The Labute approximate surface area is 330 Å². The molecule has 1 amide bonds. The number of nitrogens with zero attached hydrogens (tertiary/aromatic N) is 10. The lowest BCUT2D eigenvalue weighted by atomic mass is 10.2. The topological polar surface area (TPSA) is 193 Å². The van der Waals surface area contributed by atoms with E-state index in [1.165, 1.54) is 24.5 Å². The third-order valence-electron chi connectivity index (χ3n) is 4.96. The number of carbonyl (C=O) groups is 1. The standard InChI is InChI=1S/C7H6N2.C6H8N4O.C4H6N2.2C4H4N2.C3H4N2.6C2H6/c1-2-6-3-5-9-7(6)8-4-1;1-3-9-5-4(6(11)10-3)7-2-8-5;1-6-3-2-5-4-6;2*1-2-5-4-6-3-1;1-2-5-3-4-1;6*1-2/h1-2,4-5H,3H2;2-3,9H,1H3,(H,7,8)(H,10,11);2-4H,1H3;2*1-4H;1-3H,(H,4,5);6*1-2H3. The van der Waals surface area contributed by atoms with Crippen LogP contribution >= 0.6 is 0 Å². The summed E-state index contributed by atoms with van der Waals surface area (Å²) in [5.41, 5.74) is 1.74. The SMILES string of the molecule is C1=Nc2ncccc2C1.CC.CC.CC.CC.CC.CC.CC1NC(=O)c2[nH]cnc2N1.Cn1ccnc1.c1c[nH]cn1.c1cncnc1.c1cncnc1. The van der Waals surface area contributed by atoms with Crippen molar-refractivity contribution in [1.29, 1.82) is 0 Å². The van der Waals surface area contributed by atoms with E-state index in [2.05, 4.69) is 71.5 Å². The molecule has 8 rings (SSSR count). The van der Waals surface area contributed by atoms with Crippen LogP contribution in [0.15, 0.2) is 117 Å². The van der Waals surface area contributed by atoms with Crippen LogP contribution in [0.25, 0.3) is 0 Å². The second kappa shape index (κ2) is 45.9. The minimum atomic E-state index is -0.108.